The lowest BCUT2D eigenvalue weighted by molar-refractivity contribution is -0.0469. The lowest BCUT2D eigenvalue weighted by atomic mass is 9.92. The van der Waals surface area contributed by atoms with E-state index in [0.29, 0.717) is 27.3 Å². The average molecular weight is 498 g/mol. The van der Waals surface area contributed by atoms with Crippen molar-refractivity contribution in [3.8, 4) is 5.75 Å². The van der Waals surface area contributed by atoms with Gasteiger partial charge in [0.15, 0.2) is 11.4 Å². The number of benzene rings is 2. The van der Waals surface area contributed by atoms with Crippen LogP contribution in [0, 0.1) is 11.6 Å². The number of thioether (sulfide) groups is 1. The molecule has 1 amide bonds. The van der Waals surface area contributed by atoms with Gasteiger partial charge in [-0.2, -0.15) is 0 Å². The minimum atomic E-state index is -0.873. The van der Waals surface area contributed by atoms with Crippen LogP contribution in [0.4, 0.5) is 8.78 Å². The second kappa shape index (κ2) is 8.10. The maximum Gasteiger partial charge on any atom is 0.278 e. The molecule has 3 aliphatic rings. The molecule has 6 rings (SSSR count). The summed E-state index contributed by atoms with van der Waals surface area (Å²) in [7, 11) is 0. The van der Waals surface area contributed by atoms with Gasteiger partial charge >= 0.3 is 0 Å². The summed E-state index contributed by atoms with van der Waals surface area (Å²) in [5.41, 5.74) is 0.653. The fourth-order valence-electron chi connectivity index (χ4n) is 5.30. The molecular weight excluding hydrogens is 476 g/mol. The third-order valence-corrected chi connectivity index (χ3v) is 7.99. The SMILES string of the molecule is C[C@H]1COC[C@@H]2N1C(=O)c1c(O)c(=O)ccn1N2[C@@H]1c2cccc(F)c2SCc2cccc(F)c21. The van der Waals surface area contributed by atoms with Crippen molar-refractivity contribution in [2.24, 2.45) is 0 Å². The van der Waals surface area contributed by atoms with Crippen LogP contribution in [0.5, 0.6) is 5.75 Å². The number of hydrogen-bond acceptors (Lipinski definition) is 6. The van der Waals surface area contributed by atoms with Crippen molar-refractivity contribution < 1.29 is 23.4 Å². The topological polar surface area (TPSA) is 75.0 Å². The molecular formula is C25H21F2N3O4S. The van der Waals surface area contributed by atoms with Gasteiger partial charge in [-0.1, -0.05) is 24.3 Å². The standard InChI is InChI=1S/C25H21F2N3O4S/c1-13-10-34-11-19-29(13)25(33)22-23(32)18(31)8-9-28(22)30(19)21-15-5-3-7-17(27)24(15)35-12-14-4-2-6-16(26)20(14)21/h2-9,13,19,21,32H,10-12H2,1H3/t13-,19+,21+/m0/s1. The van der Waals surface area contributed by atoms with E-state index in [-0.39, 0.29) is 24.9 Å². The van der Waals surface area contributed by atoms with Crippen LogP contribution >= 0.6 is 11.8 Å². The summed E-state index contributed by atoms with van der Waals surface area (Å²) in [6.45, 7) is 2.19. The zero-order valence-electron chi connectivity index (χ0n) is 18.6. The van der Waals surface area contributed by atoms with Gasteiger partial charge in [0.1, 0.15) is 23.8 Å². The van der Waals surface area contributed by atoms with Crippen molar-refractivity contribution in [1.29, 1.82) is 0 Å². The molecule has 7 nitrogen and oxygen atoms in total. The van der Waals surface area contributed by atoms with Crippen LogP contribution in [0.1, 0.15) is 40.1 Å². The summed E-state index contributed by atoms with van der Waals surface area (Å²) in [4.78, 5) is 27.8. The van der Waals surface area contributed by atoms with Gasteiger partial charge in [0, 0.05) is 28.5 Å². The minimum Gasteiger partial charge on any atom is -0.502 e. The van der Waals surface area contributed by atoms with Gasteiger partial charge in [0.25, 0.3) is 5.91 Å². The number of carbonyl (C=O) groups excluding carboxylic acids is 1. The number of fused-ring (bicyclic) bond motifs is 4. The van der Waals surface area contributed by atoms with E-state index >= 15 is 8.78 Å². The molecule has 35 heavy (non-hydrogen) atoms. The molecule has 0 aliphatic carbocycles. The van der Waals surface area contributed by atoms with Crippen molar-refractivity contribution >= 4 is 17.7 Å². The molecule has 4 heterocycles. The molecule has 1 aromatic heterocycles. The third kappa shape index (κ3) is 3.20. The Morgan fingerprint density at radius 2 is 1.83 bits per heavy atom. The van der Waals surface area contributed by atoms with E-state index in [2.05, 4.69) is 0 Å². The Morgan fingerprint density at radius 1 is 1.06 bits per heavy atom. The number of aromatic nitrogens is 1. The molecule has 0 saturated carbocycles. The highest BCUT2D eigenvalue weighted by molar-refractivity contribution is 7.98. The Kier molecular flexibility index (Phi) is 5.12. The number of carbonyl (C=O) groups is 1. The lowest BCUT2D eigenvalue weighted by Gasteiger charge is -2.53. The van der Waals surface area contributed by atoms with Gasteiger partial charge < -0.3 is 14.7 Å². The maximum atomic E-state index is 15.6. The molecule has 1 N–H and O–H groups in total. The fraction of sp³-hybridized carbons (Fsp3) is 0.280. The minimum absolute atomic E-state index is 0.112. The van der Waals surface area contributed by atoms with E-state index in [1.54, 1.807) is 41.1 Å². The molecule has 1 saturated heterocycles. The summed E-state index contributed by atoms with van der Waals surface area (Å²) >= 11 is 1.28. The second-order valence-corrected chi connectivity index (χ2v) is 9.83. The van der Waals surface area contributed by atoms with Crippen LogP contribution in [0.3, 0.4) is 0 Å². The summed E-state index contributed by atoms with van der Waals surface area (Å²) in [6, 6.07) is 9.37. The summed E-state index contributed by atoms with van der Waals surface area (Å²) < 4.78 is 37.9. The summed E-state index contributed by atoms with van der Waals surface area (Å²) in [5, 5.41) is 12.4. The first-order valence-corrected chi connectivity index (χ1v) is 12.2. The highest BCUT2D eigenvalue weighted by Crippen LogP contribution is 2.46. The smallest absolute Gasteiger partial charge is 0.278 e. The molecule has 3 aromatic rings. The van der Waals surface area contributed by atoms with Gasteiger partial charge in [0.05, 0.1) is 19.3 Å². The molecule has 0 unspecified atom stereocenters. The van der Waals surface area contributed by atoms with E-state index < -0.39 is 40.9 Å². The van der Waals surface area contributed by atoms with Gasteiger partial charge in [-0.3, -0.25) is 19.3 Å². The second-order valence-electron chi connectivity index (χ2n) is 8.84. The monoisotopic (exact) mass is 497 g/mol. The van der Waals surface area contributed by atoms with E-state index in [0.717, 1.165) is 6.07 Å². The van der Waals surface area contributed by atoms with Crippen molar-refractivity contribution in [3.63, 3.8) is 0 Å². The zero-order valence-corrected chi connectivity index (χ0v) is 19.5. The zero-order chi connectivity index (χ0) is 24.4. The molecule has 3 atom stereocenters. The molecule has 0 spiro atoms. The van der Waals surface area contributed by atoms with Crippen LogP contribution < -0.4 is 10.4 Å². The average Bonchev–Trinajstić information content (AvgIpc) is 3.00. The van der Waals surface area contributed by atoms with Crippen LogP contribution in [-0.2, 0) is 10.5 Å². The van der Waals surface area contributed by atoms with Gasteiger partial charge in [-0.25, -0.2) is 8.78 Å². The normalized spacial score (nSPS) is 23.2. The summed E-state index contributed by atoms with van der Waals surface area (Å²) in [6.07, 6.45) is 0.695. The molecule has 2 aromatic carbocycles. The number of aromatic hydroxyl groups is 1. The highest BCUT2D eigenvalue weighted by atomic mass is 32.2. The Labute approximate surface area is 203 Å². The largest absolute Gasteiger partial charge is 0.502 e. The fourth-order valence-corrected chi connectivity index (χ4v) is 6.40. The van der Waals surface area contributed by atoms with E-state index in [1.165, 1.54) is 34.8 Å². The van der Waals surface area contributed by atoms with Gasteiger partial charge in [-0.05, 0) is 30.2 Å². The van der Waals surface area contributed by atoms with Crippen LogP contribution in [-0.4, -0.2) is 46.0 Å². The van der Waals surface area contributed by atoms with Crippen molar-refractivity contribution in [2.75, 3.05) is 18.2 Å². The van der Waals surface area contributed by atoms with E-state index in [4.69, 9.17) is 4.74 Å². The van der Waals surface area contributed by atoms with Gasteiger partial charge in [-0.15, -0.1) is 11.8 Å². The van der Waals surface area contributed by atoms with Gasteiger partial charge in [0.2, 0.25) is 5.43 Å². The Bertz CT molecular complexity index is 1430. The first-order valence-electron chi connectivity index (χ1n) is 11.2. The predicted octanol–water partition coefficient (Wildman–Crippen LogP) is 3.37. The molecule has 1 fully saturated rings. The predicted molar refractivity (Wildman–Crippen MR) is 125 cm³/mol. The number of rotatable bonds is 1. The Morgan fingerprint density at radius 3 is 2.66 bits per heavy atom. The number of halogens is 2. The van der Waals surface area contributed by atoms with Crippen molar-refractivity contribution in [2.45, 2.75) is 35.8 Å². The molecule has 0 bridgehead atoms. The first kappa shape index (κ1) is 22.1. The molecule has 0 radical (unpaired) electrons. The molecule has 3 aliphatic heterocycles. The molecule has 180 valence electrons. The highest BCUT2D eigenvalue weighted by Gasteiger charge is 2.48. The van der Waals surface area contributed by atoms with E-state index in [1.807, 2.05) is 0 Å². The lowest BCUT2D eigenvalue weighted by Crippen LogP contribution is -2.68. The van der Waals surface area contributed by atoms with Crippen LogP contribution in [0.15, 0.2) is 58.4 Å². The molecule has 10 heteroatoms. The number of pyridine rings is 1. The number of hydrogen-bond donors (Lipinski definition) is 1. The van der Waals surface area contributed by atoms with E-state index in [9.17, 15) is 14.7 Å². The maximum absolute atomic E-state index is 15.6. The number of ether oxygens (including phenoxy) is 1. The quantitative estimate of drug-likeness (QED) is 0.556. The number of nitrogens with zero attached hydrogens (tertiary/aromatic N) is 3. The Hall–Kier alpha value is -3.37. The first-order chi connectivity index (χ1) is 16.9. The number of amides is 1. The van der Waals surface area contributed by atoms with Crippen molar-refractivity contribution in [1.82, 2.24) is 9.58 Å². The van der Waals surface area contributed by atoms with Crippen LogP contribution in [0.25, 0.3) is 0 Å². The summed E-state index contributed by atoms with van der Waals surface area (Å²) in [5.74, 6) is -1.74. The third-order valence-electron chi connectivity index (χ3n) is 6.81. The van der Waals surface area contributed by atoms with Crippen molar-refractivity contribution in [3.05, 3.63) is 92.9 Å². The van der Waals surface area contributed by atoms with Crippen LogP contribution in [0.2, 0.25) is 0 Å². The Balaban J connectivity index is 1.70. The number of morpholine rings is 1.